The van der Waals surface area contributed by atoms with E-state index in [2.05, 4.69) is 64.1 Å². The molecule has 0 saturated carbocycles. The van der Waals surface area contributed by atoms with Gasteiger partial charge in [0.25, 0.3) is 0 Å². The molecule has 0 spiro atoms. The maximum atomic E-state index is 13.0. The summed E-state index contributed by atoms with van der Waals surface area (Å²) in [5.74, 6) is 0.889. The molecule has 2 heterocycles. The number of likely N-dealkylation sites (tertiary alicyclic amines) is 1. The molecule has 3 aromatic rings. The Hall–Kier alpha value is -3.02. The lowest BCUT2D eigenvalue weighted by molar-refractivity contribution is -0.133. The van der Waals surface area contributed by atoms with Crippen LogP contribution in [0.15, 0.2) is 60.7 Å². The maximum Gasteiger partial charge on any atom is 0.224 e. The molecular weight excluding hydrogens is 350 g/mol. The van der Waals surface area contributed by atoms with Crippen molar-refractivity contribution in [3.05, 3.63) is 77.6 Å². The zero-order chi connectivity index (χ0) is 19.4. The summed E-state index contributed by atoms with van der Waals surface area (Å²) in [4.78, 5) is 15.0. The van der Waals surface area contributed by atoms with Crippen molar-refractivity contribution in [1.82, 2.24) is 25.1 Å². The quantitative estimate of drug-likeness (QED) is 0.688. The van der Waals surface area contributed by atoms with E-state index < -0.39 is 0 Å². The van der Waals surface area contributed by atoms with Crippen LogP contribution >= 0.6 is 0 Å². The van der Waals surface area contributed by atoms with E-state index in [1.165, 1.54) is 11.1 Å². The van der Waals surface area contributed by atoms with Gasteiger partial charge in [-0.05, 0) is 41.3 Å². The summed E-state index contributed by atoms with van der Waals surface area (Å²) in [6.07, 6.45) is 2.43. The lowest BCUT2D eigenvalue weighted by Crippen LogP contribution is -2.49. The molecule has 1 aliphatic rings. The molecule has 6 nitrogen and oxygen atoms in total. The molecule has 1 amide bonds. The Morgan fingerprint density at radius 1 is 1.04 bits per heavy atom. The zero-order valence-electron chi connectivity index (χ0n) is 16.2. The number of hydrogen-bond donors (Lipinski definition) is 0. The molecular formula is C22H25N5O. The second-order valence-corrected chi connectivity index (χ2v) is 7.43. The molecule has 0 aliphatic carbocycles. The van der Waals surface area contributed by atoms with Crippen molar-refractivity contribution in [3.63, 3.8) is 0 Å². The fourth-order valence-electron chi connectivity index (χ4n) is 4.24. The molecule has 6 heteroatoms. The first-order valence-corrected chi connectivity index (χ1v) is 9.81. The predicted molar refractivity (Wildman–Crippen MR) is 107 cm³/mol. The first-order valence-electron chi connectivity index (χ1n) is 9.81. The van der Waals surface area contributed by atoms with Gasteiger partial charge in [-0.15, -0.1) is 5.10 Å². The van der Waals surface area contributed by atoms with Gasteiger partial charge in [-0.2, -0.15) is 0 Å². The number of rotatable bonds is 5. The topological polar surface area (TPSA) is 63.9 Å². The van der Waals surface area contributed by atoms with E-state index in [1.807, 2.05) is 24.0 Å². The van der Waals surface area contributed by atoms with Gasteiger partial charge in [0.05, 0.1) is 6.54 Å². The Morgan fingerprint density at radius 2 is 1.68 bits per heavy atom. The van der Waals surface area contributed by atoms with Crippen LogP contribution in [0.1, 0.15) is 36.2 Å². The third kappa shape index (κ3) is 3.54. The SMILES string of the molecule is Cc1nnnn1CCC(=O)N1CCCC(c2ccccc2)(c2ccccc2)C1. The average Bonchev–Trinajstić information content (AvgIpc) is 3.18. The molecule has 1 aromatic heterocycles. The zero-order valence-corrected chi connectivity index (χ0v) is 16.2. The molecule has 1 fully saturated rings. The van der Waals surface area contributed by atoms with Crippen LogP contribution in [0.25, 0.3) is 0 Å². The fourth-order valence-corrected chi connectivity index (χ4v) is 4.24. The molecule has 2 aromatic carbocycles. The summed E-state index contributed by atoms with van der Waals surface area (Å²) in [6, 6.07) is 21.2. The van der Waals surface area contributed by atoms with Gasteiger partial charge in [0.2, 0.25) is 5.91 Å². The van der Waals surface area contributed by atoms with Crippen LogP contribution in [0.2, 0.25) is 0 Å². The summed E-state index contributed by atoms with van der Waals surface area (Å²) in [7, 11) is 0. The molecule has 4 rings (SSSR count). The van der Waals surface area contributed by atoms with E-state index >= 15 is 0 Å². The highest BCUT2D eigenvalue weighted by Crippen LogP contribution is 2.40. The Kier molecular flexibility index (Phi) is 5.19. The average molecular weight is 375 g/mol. The minimum Gasteiger partial charge on any atom is -0.341 e. The van der Waals surface area contributed by atoms with Crippen molar-refractivity contribution in [1.29, 1.82) is 0 Å². The van der Waals surface area contributed by atoms with Gasteiger partial charge in [-0.25, -0.2) is 4.68 Å². The first kappa shape index (κ1) is 18.3. The van der Waals surface area contributed by atoms with E-state index in [9.17, 15) is 4.79 Å². The highest BCUT2D eigenvalue weighted by molar-refractivity contribution is 5.76. The Labute approximate surface area is 165 Å². The lowest BCUT2D eigenvalue weighted by Gasteiger charge is -2.44. The van der Waals surface area contributed by atoms with Crippen LogP contribution < -0.4 is 0 Å². The van der Waals surface area contributed by atoms with Crippen LogP contribution in [0.5, 0.6) is 0 Å². The highest BCUT2D eigenvalue weighted by atomic mass is 16.2. The van der Waals surface area contributed by atoms with Crippen LogP contribution in [0, 0.1) is 6.92 Å². The number of aromatic nitrogens is 4. The van der Waals surface area contributed by atoms with Crippen LogP contribution in [-0.4, -0.2) is 44.1 Å². The third-order valence-electron chi connectivity index (χ3n) is 5.75. The highest BCUT2D eigenvalue weighted by Gasteiger charge is 2.39. The molecule has 0 radical (unpaired) electrons. The molecule has 0 N–H and O–H groups in total. The molecule has 0 unspecified atom stereocenters. The van der Waals surface area contributed by atoms with E-state index in [4.69, 9.17) is 0 Å². The van der Waals surface area contributed by atoms with Gasteiger partial charge in [-0.3, -0.25) is 4.79 Å². The molecule has 28 heavy (non-hydrogen) atoms. The summed E-state index contributed by atoms with van der Waals surface area (Å²) in [5.41, 5.74) is 2.38. The molecule has 0 atom stereocenters. The van der Waals surface area contributed by atoms with Crippen molar-refractivity contribution in [3.8, 4) is 0 Å². The number of aryl methyl sites for hydroxylation is 2. The lowest BCUT2D eigenvalue weighted by atomic mass is 9.69. The van der Waals surface area contributed by atoms with Crippen LogP contribution in [0.4, 0.5) is 0 Å². The molecule has 0 bridgehead atoms. The monoisotopic (exact) mass is 375 g/mol. The number of benzene rings is 2. The number of carbonyl (C=O) groups is 1. The molecule has 144 valence electrons. The first-order chi connectivity index (χ1) is 13.7. The Morgan fingerprint density at radius 3 is 2.25 bits per heavy atom. The molecule has 1 saturated heterocycles. The maximum absolute atomic E-state index is 13.0. The van der Waals surface area contributed by atoms with E-state index in [1.54, 1.807) is 4.68 Å². The largest absolute Gasteiger partial charge is 0.341 e. The minimum atomic E-state index is -0.166. The normalized spacial score (nSPS) is 16.1. The van der Waals surface area contributed by atoms with Gasteiger partial charge in [-0.1, -0.05) is 60.7 Å². The summed E-state index contributed by atoms with van der Waals surface area (Å²) < 4.78 is 1.68. The number of nitrogens with zero attached hydrogens (tertiary/aromatic N) is 5. The second kappa shape index (κ2) is 7.92. The molecule has 1 aliphatic heterocycles. The smallest absolute Gasteiger partial charge is 0.224 e. The number of tetrazole rings is 1. The Bertz CT molecular complexity index is 883. The fraction of sp³-hybridized carbons (Fsp3) is 0.364. The van der Waals surface area contributed by atoms with E-state index in [0.717, 1.165) is 25.2 Å². The number of piperidine rings is 1. The van der Waals surface area contributed by atoms with Crippen LogP contribution in [0.3, 0.4) is 0 Å². The van der Waals surface area contributed by atoms with Crippen LogP contribution in [-0.2, 0) is 16.8 Å². The predicted octanol–water partition coefficient (Wildman–Crippen LogP) is 2.98. The van der Waals surface area contributed by atoms with Crippen molar-refractivity contribution >= 4 is 5.91 Å². The minimum absolute atomic E-state index is 0.158. The van der Waals surface area contributed by atoms with Gasteiger partial charge in [0, 0.05) is 24.9 Å². The van der Waals surface area contributed by atoms with Crippen molar-refractivity contribution < 1.29 is 4.79 Å². The van der Waals surface area contributed by atoms with Crippen molar-refractivity contribution in [2.75, 3.05) is 13.1 Å². The number of carbonyl (C=O) groups excluding carboxylic acids is 1. The van der Waals surface area contributed by atoms with Gasteiger partial charge in [0.15, 0.2) is 0 Å². The van der Waals surface area contributed by atoms with E-state index in [-0.39, 0.29) is 11.3 Å². The number of hydrogen-bond acceptors (Lipinski definition) is 4. The van der Waals surface area contributed by atoms with Gasteiger partial charge >= 0.3 is 0 Å². The third-order valence-corrected chi connectivity index (χ3v) is 5.75. The van der Waals surface area contributed by atoms with Gasteiger partial charge in [0.1, 0.15) is 5.82 Å². The Balaban J connectivity index is 1.58. The summed E-state index contributed by atoms with van der Waals surface area (Å²) >= 11 is 0. The second-order valence-electron chi connectivity index (χ2n) is 7.43. The van der Waals surface area contributed by atoms with E-state index in [0.29, 0.717) is 19.5 Å². The standard InChI is InChI=1S/C22H25N5O/c1-18-23-24-25-27(18)16-13-21(28)26-15-8-14-22(17-26,19-9-4-2-5-10-19)20-11-6-3-7-12-20/h2-7,9-12H,8,13-17H2,1H3. The van der Waals surface area contributed by atoms with Gasteiger partial charge < -0.3 is 4.90 Å². The van der Waals surface area contributed by atoms with Crippen molar-refractivity contribution in [2.24, 2.45) is 0 Å². The summed E-state index contributed by atoms with van der Waals surface area (Å²) in [5, 5.41) is 11.5. The summed E-state index contributed by atoms with van der Waals surface area (Å²) in [6.45, 7) is 3.86. The number of amides is 1. The van der Waals surface area contributed by atoms with Crippen molar-refractivity contribution in [2.45, 2.75) is 38.1 Å².